The third-order valence-electron chi connectivity index (χ3n) is 5.10. The maximum Gasteiger partial charge on any atom is 0.263 e. The van der Waals surface area contributed by atoms with Crippen LogP contribution in [-0.4, -0.2) is 43.6 Å². The van der Waals surface area contributed by atoms with E-state index in [1.165, 1.54) is 0 Å². The predicted molar refractivity (Wildman–Crippen MR) is 101 cm³/mol. The number of hydrogen-bond donors (Lipinski definition) is 1. The molecule has 138 valence electrons. The van der Waals surface area contributed by atoms with E-state index in [1.54, 1.807) is 34.3 Å². The average molecular weight is 363 g/mol. The summed E-state index contributed by atoms with van der Waals surface area (Å²) in [5.41, 5.74) is 2.66. The maximum absolute atomic E-state index is 13.1. The standard InChI is InChI=1S/C20H21N5O2/c1-14-5-9-24(12-15-3-2-7-21-11-15)19(26)18(14)20(27)25-10-6-16(13-25)17-4-8-22-23-17/h2-5,7-9,11,16H,6,10,12-13H2,1H3,(H,22,23). The Morgan fingerprint density at radius 3 is 2.93 bits per heavy atom. The maximum atomic E-state index is 13.1. The minimum Gasteiger partial charge on any atom is -0.338 e. The molecule has 1 atom stereocenters. The third kappa shape index (κ3) is 3.40. The third-order valence-corrected chi connectivity index (χ3v) is 5.10. The van der Waals surface area contributed by atoms with Crippen molar-refractivity contribution in [3.63, 3.8) is 0 Å². The van der Waals surface area contributed by atoms with Gasteiger partial charge in [0.25, 0.3) is 11.5 Å². The molecule has 7 nitrogen and oxygen atoms in total. The lowest BCUT2D eigenvalue weighted by molar-refractivity contribution is 0.0787. The van der Waals surface area contributed by atoms with E-state index < -0.39 is 0 Å². The number of carbonyl (C=O) groups is 1. The molecule has 1 saturated heterocycles. The largest absolute Gasteiger partial charge is 0.338 e. The summed E-state index contributed by atoms with van der Waals surface area (Å²) in [6, 6.07) is 7.51. The number of aromatic amines is 1. The van der Waals surface area contributed by atoms with Crippen LogP contribution in [0.1, 0.15) is 39.5 Å². The van der Waals surface area contributed by atoms with E-state index in [4.69, 9.17) is 0 Å². The normalized spacial score (nSPS) is 16.6. The zero-order valence-corrected chi connectivity index (χ0v) is 15.1. The van der Waals surface area contributed by atoms with Crippen LogP contribution in [0.25, 0.3) is 0 Å². The van der Waals surface area contributed by atoms with Crippen LogP contribution in [0.4, 0.5) is 0 Å². The molecular weight excluding hydrogens is 342 g/mol. The Bertz CT molecular complexity index is 995. The second-order valence-corrected chi connectivity index (χ2v) is 6.92. The lowest BCUT2D eigenvalue weighted by Gasteiger charge is -2.18. The van der Waals surface area contributed by atoms with Gasteiger partial charge in [0.15, 0.2) is 0 Å². The first-order valence-corrected chi connectivity index (χ1v) is 9.01. The highest BCUT2D eigenvalue weighted by molar-refractivity contribution is 5.95. The number of likely N-dealkylation sites (tertiary alicyclic amines) is 1. The van der Waals surface area contributed by atoms with Crippen molar-refractivity contribution < 1.29 is 4.79 Å². The smallest absolute Gasteiger partial charge is 0.263 e. The molecule has 0 aromatic carbocycles. The van der Waals surface area contributed by atoms with Crippen LogP contribution >= 0.6 is 0 Å². The van der Waals surface area contributed by atoms with Crippen LogP contribution in [0.2, 0.25) is 0 Å². The van der Waals surface area contributed by atoms with Crippen LogP contribution in [0, 0.1) is 6.92 Å². The molecular formula is C20H21N5O2. The fraction of sp³-hybridized carbons (Fsp3) is 0.300. The summed E-state index contributed by atoms with van der Waals surface area (Å²) < 4.78 is 1.57. The molecule has 0 bridgehead atoms. The summed E-state index contributed by atoms with van der Waals surface area (Å²) in [5.74, 6) is 0.0399. The first kappa shape index (κ1) is 17.2. The number of aromatic nitrogens is 4. The van der Waals surface area contributed by atoms with Crippen LogP contribution < -0.4 is 5.56 Å². The minimum atomic E-state index is -0.256. The summed E-state index contributed by atoms with van der Waals surface area (Å²) in [6.45, 7) is 3.44. The zero-order valence-electron chi connectivity index (χ0n) is 15.1. The van der Waals surface area contributed by atoms with Gasteiger partial charge in [0, 0.05) is 49.5 Å². The molecule has 0 aliphatic carbocycles. The zero-order chi connectivity index (χ0) is 18.8. The highest BCUT2D eigenvalue weighted by Gasteiger charge is 2.30. The fourth-order valence-electron chi connectivity index (χ4n) is 3.59. The van der Waals surface area contributed by atoms with Crippen molar-refractivity contribution >= 4 is 5.91 Å². The van der Waals surface area contributed by atoms with Crippen molar-refractivity contribution in [3.05, 3.63) is 81.8 Å². The van der Waals surface area contributed by atoms with Crippen LogP contribution in [0.3, 0.4) is 0 Å². The predicted octanol–water partition coefficient (Wildman–Crippen LogP) is 1.95. The summed E-state index contributed by atoms with van der Waals surface area (Å²) in [5, 5.41) is 6.97. The number of carbonyl (C=O) groups excluding carboxylic acids is 1. The Balaban J connectivity index is 1.58. The monoisotopic (exact) mass is 363 g/mol. The minimum absolute atomic E-state index is 0.194. The molecule has 4 heterocycles. The average Bonchev–Trinajstić information content (AvgIpc) is 3.36. The van der Waals surface area contributed by atoms with Crippen molar-refractivity contribution in [2.24, 2.45) is 0 Å². The van der Waals surface area contributed by atoms with Gasteiger partial charge in [-0.15, -0.1) is 0 Å². The van der Waals surface area contributed by atoms with Crippen LogP contribution in [0.5, 0.6) is 0 Å². The Morgan fingerprint density at radius 2 is 2.19 bits per heavy atom. The number of nitrogens with one attached hydrogen (secondary N) is 1. The number of rotatable bonds is 4. The Kier molecular flexibility index (Phi) is 4.58. The molecule has 1 aliphatic heterocycles. The highest BCUT2D eigenvalue weighted by atomic mass is 16.2. The van der Waals surface area contributed by atoms with Crippen molar-refractivity contribution in [1.29, 1.82) is 0 Å². The molecule has 3 aromatic rings. The topological polar surface area (TPSA) is 83.9 Å². The molecule has 0 spiro atoms. The van der Waals surface area contributed by atoms with E-state index in [9.17, 15) is 9.59 Å². The molecule has 3 aromatic heterocycles. The van der Waals surface area contributed by atoms with Gasteiger partial charge < -0.3 is 9.47 Å². The van der Waals surface area contributed by atoms with Gasteiger partial charge in [0.1, 0.15) is 5.56 Å². The van der Waals surface area contributed by atoms with Gasteiger partial charge in [-0.05, 0) is 42.7 Å². The Labute approximate surface area is 156 Å². The van der Waals surface area contributed by atoms with Gasteiger partial charge >= 0.3 is 0 Å². The van der Waals surface area contributed by atoms with Crippen molar-refractivity contribution in [2.45, 2.75) is 25.8 Å². The van der Waals surface area contributed by atoms with Crippen LogP contribution in [0.15, 0.2) is 53.8 Å². The van der Waals surface area contributed by atoms with E-state index in [0.29, 0.717) is 25.2 Å². The van der Waals surface area contributed by atoms with E-state index in [0.717, 1.165) is 17.7 Å². The number of amides is 1. The second-order valence-electron chi connectivity index (χ2n) is 6.92. The quantitative estimate of drug-likeness (QED) is 0.768. The number of pyridine rings is 2. The summed E-state index contributed by atoms with van der Waals surface area (Å²) in [7, 11) is 0. The van der Waals surface area contributed by atoms with Gasteiger partial charge in [0.2, 0.25) is 0 Å². The van der Waals surface area contributed by atoms with Gasteiger partial charge in [-0.25, -0.2) is 0 Å². The van der Waals surface area contributed by atoms with Gasteiger partial charge in [0.05, 0.1) is 6.54 Å². The molecule has 7 heteroatoms. The number of hydrogen-bond acceptors (Lipinski definition) is 4. The van der Waals surface area contributed by atoms with Crippen molar-refractivity contribution in [3.8, 4) is 0 Å². The Hall–Kier alpha value is -3.22. The molecule has 1 unspecified atom stereocenters. The van der Waals surface area contributed by atoms with Crippen LogP contribution in [-0.2, 0) is 6.54 Å². The van der Waals surface area contributed by atoms with Gasteiger partial charge in [-0.3, -0.25) is 19.7 Å². The molecule has 4 rings (SSSR count). The van der Waals surface area contributed by atoms with Crippen molar-refractivity contribution in [2.75, 3.05) is 13.1 Å². The fourth-order valence-corrected chi connectivity index (χ4v) is 3.59. The molecule has 1 fully saturated rings. The van der Waals surface area contributed by atoms with Gasteiger partial charge in [-0.1, -0.05) is 6.07 Å². The van der Waals surface area contributed by atoms with E-state index in [2.05, 4.69) is 15.2 Å². The molecule has 1 aliphatic rings. The second kappa shape index (κ2) is 7.19. The molecule has 0 radical (unpaired) electrons. The van der Waals surface area contributed by atoms with E-state index in [-0.39, 0.29) is 22.9 Å². The highest BCUT2D eigenvalue weighted by Crippen LogP contribution is 2.26. The number of aryl methyl sites for hydroxylation is 1. The lowest BCUT2D eigenvalue weighted by atomic mass is 10.1. The summed E-state index contributed by atoms with van der Waals surface area (Å²) in [6.07, 6.45) is 7.74. The first-order chi connectivity index (χ1) is 13.1. The Morgan fingerprint density at radius 1 is 1.30 bits per heavy atom. The van der Waals surface area contributed by atoms with Crippen molar-refractivity contribution in [1.82, 2.24) is 24.6 Å². The van der Waals surface area contributed by atoms with Gasteiger partial charge in [-0.2, -0.15) is 5.10 Å². The summed E-state index contributed by atoms with van der Waals surface area (Å²) in [4.78, 5) is 31.9. The van der Waals surface area contributed by atoms with E-state index in [1.807, 2.05) is 31.2 Å². The first-order valence-electron chi connectivity index (χ1n) is 9.01. The SMILES string of the molecule is Cc1ccn(Cc2cccnc2)c(=O)c1C(=O)N1CCC(c2ccn[nH]2)C1. The van der Waals surface area contributed by atoms with E-state index >= 15 is 0 Å². The molecule has 1 amide bonds. The molecule has 27 heavy (non-hydrogen) atoms. The molecule has 0 saturated carbocycles. The molecule has 1 N–H and O–H groups in total. The summed E-state index contributed by atoms with van der Waals surface area (Å²) >= 11 is 0. The number of nitrogens with zero attached hydrogens (tertiary/aromatic N) is 4. The number of H-pyrrole nitrogens is 1. The lowest BCUT2D eigenvalue weighted by Crippen LogP contribution is -2.36.